The number of ether oxygens (including phenoxy) is 1. The van der Waals surface area contributed by atoms with E-state index in [-0.39, 0.29) is 15.4 Å². The summed E-state index contributed by atoms with van der Waals surface area (Å²) in [5.41, 5.74) is 0. The third kappa shape index (κ3) is 14.2. The molecule has 8 heteroatoms. The van der Waals surface area contributed by atoms with Crippen molar-refractivity contribution in [2.75, 3.05) is 26.1 Å². The molecule has 0 saturated carbocycles. The third-order valence-corrected chi connectivity index (χ3v) is 4.39. The van der Waals surface area contributed by atoms with Crippen LogP contribution in [0.15, 0.2) is 0 Å². The van der Waals surface area contributed by atoms with Gasteiger partial charge in [0.05, 0.1) is 25.7 Å². The molecular weight excluding hydrogens is 312 g/mol. The fourth-order valence-electron chi connectivity index (χ4n) is 1.05. The zero-order valence-corrected chi connectivity index (χ0v) is 14.9. The van der Waals surface area contributed by atoms with Crippen LogP contribution >= 0.6 is 0 Å². The molecule has 22 heavy (non-hydrogen) atoms. The molecule has 0 bridgehead atoms. The molecule has 0 heterocycles. The van der Waals surface area contributed by atoms with Crippen molar-refractivity contribution in [3.8, 4) is 0 Å². The Bertz CT molecular complexity index is 391. The van der Waals surface area contributed by atoms with Crippen LogP contribution in [0.3, 0.4) is 0 Å². The predicted molar refractivity (Wildman–Crippen MR) is 88.4 cm³/mol. The summed E-state index contributed by atoms with van der Waals surface area (Å²) < 4.78 is 31.2. The third-order valence-electron chi connectivity index (χ3n) is 3.09. The van der Waals surface area contributed by atoms with Crippen molar-refractivity contribution in [2.24, 2.45) is 11.8 Å². The highest BCUT2D eigenvalue weighted by Gasteiger charge is 2.16. The van der Waals surface area contributed by atoms with E-state index in [1.54, 1.807) is 6.92 Å². The van der Waals surface area contributed by atoms with Crippen LogP contribution in [-0.4, -0.2) is 56.8 Å². The summed E-state index contributed by atoms with van der Waals surface area (Å²) in [6, 6.07) is 0. The van der Waals surface area contributed by atoms with E-state index in [1.165, 1.54) is 0 Å². The Labute approximate surface area is 136 Å². The number of hydrogen-bond donors (Lipinski definition) is 2. The minimum Gasteiger partial charge on any atom is -0.481 e. The first-order valence-electron chi connectivity index (χ1n) is 7.36. The normalized spacial score (nSPS) is 15.4. The quantitative estimate of drug-likeness (QED) is 0.582. The molecule has 7 nitrogen and oxygen atoms in total. The van der Waals surface area contributed by atoms with Crippen molar-refractivity contribution in [3.63, 3.8) is 0 Å². The SMILES string of the molecule is CCC(C)C(=O)O.CCC(C)COCC(O)CS(=O)(=O)OC.[HH].[HH]. The number of hydrogen-bond acceptors (Lipinski definition) is 6. The average molecular weight is 346 g/mol. The lowest BCUT2D eigenvalue weighted by Crippen LogP contribution is -2.27. The molecule has 0 aromatic carbocycles. The van der Waals surface area contributed by atoms with Gasteiger partial charge in [0.25, 0.3) is 10.1 Å². The number of aliphatic carboxylic acids is 1. The van der Waals surface area contributed by atoms with Crippen LogP contribution in [0.2, 0.25) is 0 Å². The zero-order valence-electron chi connectivity index (χ0n) is 14.1. The summed E-state index contributed by atoms with van der Waals surface area (Å²) in [7, 11) is -2.53. The van der Waals surface area contributed by atoms with Gasteiger partial charge in [-0.2, -0.15) is 8.42 Å². The second-order valence-electron chi connectivity index (χ2n) is 5.24. The van der Waals surface area contributed by atoms with Crippen LogP contribution in [0.5, 0.6) is 0 Å². The number of aliphatic hydroxyl groups excluding tert-OH is 1. The van der Waals surface area contributed by atoms with Gasteiger partial charge in [0, 0.05) is 9.46 Å². The van der Waals surface area contributed by atoms with E-state index in [2.05, 4.69) is 4.18 Å². The van der Waals surface area contributed by atoms with E-state index >= 15 is 0 Å². The maximum Gasteiger partial charge on any atom is 0.306 e. The van der Waals surface area contributed by atoms with E-state index < -0.39 is 27.9 Å². The Kier molecular flexibility index (Phi) is 13.7. The van der Waals surface area contributed by atoms with Crippen molar-refractivity contribution in [2.45, 2.75) is 46.6 Å². The second kappa shape index (κ2) is 12.8. The minimum absolute atomic E-state index is 0. The van der Waals surface area contributed by atoms with E-state index in [0.29, 0.717) is 12.5 Å². The first kappa shape index (κ1) is 23.6. The molecule has 0 spiro atoms. The van der Waals surface area contributed by atoms with Gasteiger partial charge in [-0.3, -0.25) is 8.98 Å². The predicted octanol–water partition coefficient (Wildman–Crippen LogP) is 2.00. The number of aliphatic hydroxyl groups is 1. The monoisotopic (exact) mass is 346 g/mol. The molecule has 3 unspecified atom stereocenters. The van der Waals surface area contributed by atoms with Crippen LogP contribution in [-0.2, 0) is 23.8 Å². The molecule has 0 rings (SSSR count). The van der Waals surface area contributed by atoms with Crippen molar-refractivity contribution >= 4 is 16.1 Å². The standard InChI is InChI=1S/C9H20O5S.C5H10O2.2H2/c1-4-8(2)5-14-6-9(10)7-15(11,12)13-3;1-3-4(2)5(6)7;;/h8-10H,4-7H2,1-3H3;4H,3H2,1-2H3,(H,6,7);2*1H. The molecule has 0 aromatic heterocycles. The molecule has 0 radical (unpaired) electrons. The smallest absolute Gasteiger partial charge is 0.306 e. The van der Waals surface area contributed by atoms with Crippen molar-refractivity contribution in [3.05, 3.63) is 0 Å². The van der Waals surface area contributed by atoms with Crippen LogP contribution in [0, 0.1) is 11.8 Å². The summed E-state index contributed by atoms with van der Waals surface area (Å²) >= 11 is 0. The minimum atomic E-state index is -3.60. The molecule has 3 atom stereocenters. The highest BCUT2D eigenvalue weighted by Crippen LogP contribution is 2.02. The first-order valence-corrected chi connectivity index (χ1v) is 8.94. The zero-order chi connectivity index (χ0) is 17.8. The molecule has 2 N–H and O–H groups in total. The maximum absolute atomic E-state index is 10.9. The van der Waals surface area contributed by atoms with Crippen LogP contribution in [0.4, 0.5) is 0 Å². The van der Waals surface area contributed by atoms with Gasteiger partial charge >= 0.3 is 5.97 Å². The molecule has 0 fully saturated rings. The van der Waals surface area contributed by atoms with Crippen molar-refractivity contribution in [1.29, 1.82) is 0 Å². The molecular formula is C14H34O7S. The molecule has 138 valence electrons. The van der Waals surface area contributed by atoms with Gasteiger partial charge in [-0.1, -0.05) is 34.1 Å². The van der Waals surface area contributed by atoms with Crippen molar-refractivity contribution < 1.29 is 35.2 Å². The fourth-order valence-corrected chi connectivity index (χ4v) is 1.75. The Balaban J connectivity index is -0.000000191. The maximum atomic E-state index is 10.9. The lowest BCUT2D eigenvalue weighted by molar-refractivity contribution is -0.141. The second-order valence-corrected chi connectivity index (χ2v) is 7.03. The summed E-state index contributed by atoms with van der Waals surface area (Å²) in [4.78, 5) is 9.93. The summed E-state index contributed by atoms with van der Waals surface area (Å²) in [5.74, 6) is -0.900. The van der Waals surface area contributed by atoms with Gasteiger partial charge in [-0.15, -0.1) is 0 Å². The van der Waals surface area contributed by atoms with E-state index in [9.17, 15) is 18.3 Å². The lowest BCUT2D eigenvalue weighted by Gasteiger charge is -2.13. The van der Waals surface area contributed by atoms with Crippen LogP contribution in [0.1, 0.15) is 43.4 Å². The summed E-state index contributed by atoms with van der Waals surface area (Å²) in [5, 5.41) is 17.5. The van der Waals surface area contributed by atoms with Crippen molar-refractivity contribution in [1.82, 2.24) is 0 Å². The van der Waals surface area contributed by atoms with Gasteiger partial charge < -0.3 is 14.9 Å². The molecule has 0 amide bonds. The Hall–Kier alpha value is -0.700. The first-order chi connectivity index (χ1) is 10.1. The average Bonchev–Trinajstić information content (AvgIpc) is 2.46. The van der Waals surface area contributed by atoms with E-state index in [1.807, 2.05) is 20.8 Å². The number of carboxylic acid groups (broad SMARTS) is 1. The van der Waals surface area contributed by atoms with Gasteiger partial charge in [0.15, 0.2) is 0 Å². The van der Waals surface area contributed by atoms with Crippen LogP contribution < -0.4 is 0 Å². The number of carboxylic acids is 1. The number of carbonyl (C=O) groups is 1. The van der Waals surface area contributed by atoms with Gasteiger partial charge in [0.2, 0.25) is 0 Å². The van der Waals surface area contributed by atoms with Gasteiger partial charge in [0.1, 0.15) is 5.75 Å². The molecule has 0 saturated heterocycles. The molecule has 0 aromatic rings. The van der Waals surface area contributed by atoms with Gasteiger partial charge in [-0.05, 0) is 12.3 Å². The summed E-state index contributed by atoms with van der Waals surface area (Å²) in [6.07, 6.45) is 0.681. The Morgan fingerprint density at radius 3 is 2.05 bits per heavy atom. The molecule has 0 aliphatic rings. The highest BCUT2D eigenvalue weighted by molar-refractivity contribution is 7.86. The van der Waals surface area contributed by atoms with E-state index in [4.69, 9.17) is 9.84 Å². The summed E-state index contributed by atoms with van der Waals surface area (Å²) in [6.45, 7) is 8.17. The Morgan fingerprint density at radius 1 is 1.18 bits per heavy atom. The fraction of sp³-hybridized carbons (Fsp3) is 0.929. The van der Waals surface area contributed by atoms with Gasteiger partial charge in [-0.25, -0.2) is 0 Å². The lowest BCUT2D eigenvalue weighted by atomic mass is 10.1. The largest absolute Gasteiger partial charge is 0.481 e. The van der Waals surface area contributed by atoms with E-state index in [0.717, 1.165) is 20.0 Å². The molecule has 0 aliphatic carbocycles. The molecule has 0 aliphatic heterocycles. The Morgan fingerprint density at radius 2 is 1.73 bits per heavy atom. The van der Waals surface area contributed by atoms with Crippen LogP contribution in [0.25, 0.3) is 0 Å². The topological polar surface area (TPSA) is 110 Å². The number of rotatable bonds is 10. The highest BCUT2D eigenvalue weighted by atomic mass is 32.2.